The topological polar surface area (TPSA) is 6.48 Å². The SMILES string of the molecule is C=C1c2cccc3cccc(c23)Cc2cc(-c3ccc(N(c4ccc(-c5ccccc5)cc4)c4ccc5c(c4)C(c4ccccc4)(c4ccccc4)c4ccccc4-5)cc3)ccc2N1c1ccccc1. The molecule has 0 atom stereocenters. The Hall–Kier alpha value is -8.98. The quantitative estimate of drug-likeness (QED) is 0.150. The molecule has 2 aliphatic rings. The first kappa shape index (κ1) is 41.2. The summed E-state index contributed by atoms with van der Waals surface area (Å²) in [6.07, 6.45) is 0.800. The van der Waals surface area contributed by atoms with Crippen molar-refractivity contribution in [1.29, 1.82) is 0 Å². The lowest BCUT2D eigenvalue weighted by atomic mass is 9.67. The molecule has 2 nitrogen and oxygen atoms in total. The highest BCUT2D eigenvalue weighted by Crippen LogP contribution is 2.57. The lowest BCUT2D eigenvalue weighted by Gasteiger charge is -2.35. The number of nitrogens with zero attached hydrogens (tertiary/aromatic N) is 2. The second-order valence-electron chi connectivity index (χ2n) is 18.5. The monoisotopic (exact) mass is 892 g/mol. The van der Waals surface area contributed by atoms with Crippen LogP contribution < -0.4 is 9.80 Å². The number of hydrogen-bond donors (Lipinski definition) is 0. The standard InChI is InChI=1S/C68H48N2/c1-47-61-30-17-21-51-20-16-22-53(67(51)61)45-54-44-52(36-43-66(54)69(47)57-27-12-5-13-28-57)50-34-39-59(40-35-50)70(58-37-32-49(33-38-58)48-18-6-2-7-19-48)60-41-42-63-62-29-14-15-31-64(62)68(65(63)46-60,55-23-8-3-9-24-55)56-25-10-4-11-26-56/h2-44,46H,1,45H2. The first-order valence-electron chi connectivity index (χ1n) is 24.2. The molecule has 0 radical (unpaired) electrons. The molecule has 1 aliphatic heterocycles. The van der Waals surface area contributed by atoms with E-state index in [1.165, 1.54) is 77.5 Å². The minimum Gasteiger partial charge on any atom is -0.310 e. The van der Waals surface area contributed by atoms with Crippen LogP contribution in [-0.2, 0) is 11.8 Å². The fourth-order valence-electron chi connectivity index (χ4n) is 11.5. The molecule has 70 heavy (non-hydrogen) atoms. The smallest absolute Gasteiger partial charge is 0.0714 e. The summed E-state index contributed by atoms with van der Waals surface area (Å²) < 4.78 is 0. The zero-order valence-corrected chi connectivity index (χ0v) is 38.7. The molecule has 11 aromatic rings. The maximum absolute atomic E-state index is 4.76. The first-order chi connectivity index (χ1) is 34.6. The van der Waals surface area contributed by atoms with Crippen LogP contribution in [0.2, 0.25) is 0 Å². The molecular weight excluding hydrogens is 845 g/mol. The van der Waals surface area contributed by atoms with E-state index in [0.717, 1.165) is 46.1 Å². The minimum atomic E-state index is -0.516. The summed E-state index contributed by atoms with van der Waals surface area (Å²) in [7, 11) is 0. The third-order valence-electron chi connectivity index (χ3n) is 14.7. The number of benzene rings is 11. The number of para-hydroxylation sites is 1. The van der Waals surface area contributed by atoms with Crippen molar-refractivity contribution < 1.29 is 0 Å². The predicted octanol–water partition coefficient (Wildman–Crippen LogP) is 17.7. The van der Waals surface area contributed by atoms with Gasteiger partial charge < -0.3 is 9.80 Å². The van der Waals surface area contributed by atoms with Gasteiger partial charge >= 0.3 is 0 Å². The van der Waals surface area contributed by atoms with E-state index in [-0.39, 0.29) is 0 Å². The van der Waals surface area contributed by atoms with Gasteiger partial charge in [0.15, 0.2) is 0 Å². The van der Waals surface area contributed by atoms with Gasteiger partial charge in [0, 0.05) is 46.1 Å². The summed E-state index contributed by atoms with van der Waals surface area (Å²) in [5.74, 6) is 0. The van der Waals surface area contributed by atoms with Crippen molar-refractivity contribution in [1.82, 2.24) is 0 Å². The molecule has 1 heterocycles. The Balaban J connectivity index is 0.951. The predicted molar refractivity (Wildman–Crippen MR) is 294 cm³/mol. The van der Waals surface area contributed by atoms with Crippen LogP contribution in [0.15, 0.2) is 273 Å². The van der Waals surface area contributed by atoms with Crippen molar-refractivity contribution in [2.75, 3.05) is 9.80 Å². The molecule has 0 saturated carbocycles. The Morgan fingerprint density at radius 1 is 0.371 bits per heavy atom. The van der Waals surface area contributed by atoms with E-state index >= 15 is 0 Å². The molecule has 0 amide bonds. The molecule has 0 bridgehead atoms. The molecule has 13 rings (SSSR count). The normalized spacial score (nSPS) is 13.2. The van der Waals surface area contributed by atoms with E-state index in [1.807, 2.05) is 0 Å². The largest absolute Gasteiger partial charge is 0.310 e. The van der Waals surface area contributed by atoms with Crippen LogP contribution in [0, 0.1) is 0 Å². The zero-order chi connectivity index (χ0) is 46.6. The van der Waals surface area contributed by atoms with Crippen LogP contribution in [0.25, 0.3) is 49.9 Å². The summed E-state index contributed by atoms with van der Waals surface area (Å²) in [5.41, 5.74) is 22.0. The van der Waals surface area contributed by atoms with Crippen molar-refractivity contribution in [2.24, 2.45) is 0 Å². The number of hydrogen-bond acceptors (Lipinski definition) is 2. The van der Waals surface area contributed by atoms with Crippen molar-refractivity contribution >= 4 is 44.9 Å². The first-order valence-corrected chi connectivity index (χ1v) is 24.2. The minimum absolute atomic E-state index is 0.516. The summed E-state index contributed by atoms with van der Waals surface area (Å²) in [5, 5.41) is 2.51. The summed E-state index contributed by atoms with van der Waals surface area (Å²) in [6.45, 7) is 4.76. The van der Waals surface area contributed by atoms with Crippen LogP contribution in [0.4, 0.5) is 28.4 Å². The average molecular weight is 893 g/mol. The third-order valence-corrected chi connectivity index (χ3v) is 14.7. The van der Waals surface area contributed by atoms with E-state index in [0.29, 0.717) is 0 Å². The van der Waals surface area contributed by atoms with Crippen LogP contribution in [0.3, 0.4) is 0 Å². The van der Waals surface area contributed by atoms with Crippen molar-refractivity contribution in [3.63, 3.8) is 0 Å². The average Bonchev–Trinajstić information content (AvgIpc) is 3.73. The highest BCUT2D eigenvalue weighted by molar-refractivity contribution is 6.02. The fraction of sp³-hybridized carbons (Fsp3) is 0.0294. The van der Waals surface area contributed by atoms with E-state index in [2.05, 4.69) is 277 Å². The van der Waals surface area contributed by atoms with Crippen LogP contribution in [-0.4, -0.2) is 0 Å². The highest BCUT2D eigenvalue weighted by atomic mass is 15.2. The maximum Gasteiger partial charge on any atom is 0.0714 e. The molecular formula is C68H48N2. The molecule has 0 N–H and O–H groups in total. The summed E-state index contributed by atoms with van der Waals surface area (Å²) in [4.78, 5) is 4.76. The second-order valence-corrected chi connectivity index (χ2v) is 18.5. The van der Waals surface area contributed by atoms with Gasteiger partial charge in [-0.25, -0.2) is 0 Å². The molecule has 0 aromatic heterocycles. The van der Waals surface area contributed by atoms with Crippen LogP contribution >= 0.6 is 0 Å². The Bertz CT molecular complexity index is 3680. The van der Waals surface area contributed by atoms with Crippen LogP contribution in [0.5, 0.6) is 0 Å². The number of rotatable bonds is 8. The Morgan fingerprint density at radius 3 is 1.56 bits per heavy atom. The number of fused-ring (bicyclic) bond motifs is 4. The van der Waals surface area contributed by atoms with Gasteiger partial charge in [-0.3, -0.25) is 0 Å². The Morgan fingerprint density at radius 2 is 0.886 bits per heavy atom. The van der Waals surface area contributed by atoms with Gasteiger partial charge in [-0.15, -0.1) is 0 Å². The lowest BCUT2D eigenvalue weighted by Crippen LogP contribution is -2.28. The molecule has 0 unspecified atom stereocenters. The Labute approximate surface area is 410 Å². The summed E-state index contributed by atoms with van der Waals surface area (Å²) in [6, 6.07) is 97.9. The second kappa shape index (κ2) is 17.0. The molecule has 1 aliphatic carbocycles. The molecule has 0 spiro atoms. The van der Waals surface area contributed by atoms with Gasteiger partial charge in [0.1, 0.15) is 0 Å². The van der Waals surface area contributed by atoms with Crippen LogP contribution in [0.1, 0.15) is 38.9 Å². The van der Waals surface area contributed by atoms with Gasteiger partial charge in [-0.2, -0.15) is 0 Å². The van der Waals surface area contributed by atoms with Crippen molar-refractivity contribution in [3.8, 4) is 33.4 Å². The Kier molecular flexibility index (Phi) is 9.99. The fourth-order valence-corrected chi connectivity index (χ4v) is 11.5. The van der Waals surface area contributed by atoms with E-state index in [9.17, 15) is 0 Å². The van der Waals surface area contributed by atoms with Crippen molar-refractivity contribution in [2.45, 2.75) is 11.8 Å². The molecule has 2 heteroatoms. The molecule has 11 aromatic carbocycles. The van der Waals surface area contributed by atoms with E-state index in [4.69, 9.17) is 6.58 Å². The highest BCUT2D eigenvalue weighted by Gasteiger charge is 2.46. The van der Waals surface area contributed by atoms with Gasteiger partial charge in [-0.1, -0.05) is 213 Å². The molecule has 0 fully saturated rings. The van der Waals surface area contributed by atoms with E-state index < -0.39 is 5.41 Å². The van der Waals surface area contributed by atoms with Crippen molar-refractivity contribution in [3.05, 3.63) is 312 Å². The summed E-state index contributed by atoms with van der Waals surface area (Å²) >= 11 is 0. The number of anilines is 5. The molecule has 0 saturated heterocycles. The maximum atomic E-state index is 4.76. The lowest BCUT2D eigenvalue weighted by molar-refractivity contribution is 0.768. The third kappa shape index (κ3) is 6.71. The molecule has 330 valence electrons. The zero-order valence-electron chi connectivity index (χ0n) is 38.7. The van der Waals surface area contributed by atoms with Gasteiger partial charge in [0.05, 0.1) is 5.41 Å². The van der Waals surface area contributed by atoms with Gasteiger partial charge in [0.2, 0.25) is 0 Å². The van der Waals surface area contributed by atoms with Gasteiger partial charge in [0.25, 0.3) is 0 Å². The van der Waals surface area contributed by atoms with Gasteiger partial charge in [-0.05, 0) is 138 Å². The van der Waals surface area contributed by atoms with E-state index in [1.54, 1.807) is 0 Å².